The summed E-state index contributed by atoms with van der Waals surface area (Å²) in [6, 6.07) is 3.69. The first-order valence-corrected chi connectivity index (χ1v) is 8.45. The number of nitrogens with zero attached hydrogens (tertiary/aromatic N) is 1. The molecular weight excluding hydrogens is 306 g/mol. The second-order valence-electron chi connectivity index (χ2n) is 6.06. The van der Waals surface area contributed by atoms with E-state index in [1.807, 2.05) is 0 Å². The van der Waals surface area contributed by atoms with Crippen molar-refractivity contribution < 1.29 is 14.7 Å². The minimum absolute atomic E-state index is 0.138. The van der Waals surface area contributed by atoms with E-state index in [9.17, 15) is 9.59 Å². The number of hydrogen-bond donors (Lipinski definition) is 3. The van der Waals surface area contributed by atoms with Gasteiger partial charge in [-0.05, 0) is 43.7 Å². The van der Waals surface area contributed by atoms with Crippen LogP contribution < -0.4 is 10.6 Å². The van der Waals surface area contributed by atoms with Crippen molar-refractivity contribution in [1.82, 2.24) is 10.3 Å². The van der Waals surface area contributed by atoms with Crippen LogP contribution in [0.25, 0.3) is 0 Å². The maximum atomic E-state index is 11.8. The molecule has 0 saturated heterocycles. The molecule has 0 radical (unpaired) electrons. The number of aryl methyl sites for hydroxylation is 2. The number of hydrogen-bond acceptors (Lipinski definition) is 4. The van der Waals surface area contributed by atoms with E-state index in [0.717, 1.165) is 50.2 Å². The predicted molar refractivity (Wildman–Crippen MR) is 93.0 cm³/mol. The van der Waals surface area contributed by atoms with Crippen molar-refractivity contribution in [2.45, 2.75) is 51.0 Å². The van der Waals surface area contributed by atoms with Gasteiger partial charge in [0.1, 0.15) is 5.82 Å². The van der Waals surface area contributed by atoms with Gasteiger partial charge in [0, 0.05) is 18.7 Å². The Morgan fingerprint density at radius 3 is 3.00 bits per heavy atom. The first-order valence-electron chi connectivity index (χ1n) is 8.45. The number of amides is 1. The molecule has 1 aromatic rings. The number of fused-ring (bicyclic) bond motifs is 1. The molecule has 2 rings (SSSR count). The Labute approximate surface area is 142 Å². The number of carboxylic acids is 1. The highest BCUT2D eigenvalue weighted by atomic mass is 16.4. The summed E-state index contributed by atoms with van der Waals surface area (Å²) in [4.78, 5) is 27.1. The van der Waals surface area contributed by atoms with E-state index < -0.39 is 12.0 Å². The normalized spacial score (nSPS) is 14.2. The molecule has 0 spiro atoms. The third-order valence-corrected chi connectivity index (χ3v) is 4.06. The van der Waals surface area contributed by atoms with Gasteiger partial charge < -0.3 is 15.7 Å². The van der Waals surface area contributed by atoms with Crippen molar-refractivity contribution in [3.8, 4) is 0 Å². The van der Waals surface area contributed by atoms with Gasteiger partial charge in [0.05, 0.1) is 12.5 Å². The number of aliphatic carboxylic acids is 1. The molecule has 0 fully saturated rings. The summed E-state index contributed by atoms with van der Waals surface area (Å²) in [7, 11) is 0. The van der Waals surface area contributed by atoms with Gasteiger partial charge in [0.15, 0.2) is 0 Å². The maximum Gasteiger partial charge on any atom is 0.305 e. The van der Waals surface area contributed by atoms with Crippen LogP contribution in [0.5, 0.6) is 0 Å². The van der Waals surface area contributed by atoms with Crippen molar-refractivity contribution in [2.24, 2.45) is 0 Å². The van der Waals surface area contributed by atoms with Crippen LogP contribution in [0.2, 0.25) is 0 Å². The van der Waals surface area contributed by atoms with E-state index in [2.05, 4.69) is 34.3 Å². The quantitative estimate of drug-likeness (QED) is 0.477. The van der Waals surface area contributed by atoms with E-state index in [0.29, 0.717) is 6.42 Å². The second kappa shape index (κ2) is 9.05. The fourth-order valence-electron chi connectivity index (χ4n) is 2.76. The number of aromatic nitrogens is 1. The monoisotopic (exact) mass is 331 g/mol. The fourth-order valence-corrected chi connectivity index (χ4v) is 2.76. The molecule has 1 aliphatic rings. The molecule has 0 aliphatic carbocycles. The van der Waals surface area contributed by atoms with Crippen LogP contribution in [-0.2, 0) is 22.4 Å². The standard InChI is InChI=1S/C18H25N3O3/c1-2-14(12-17(23)24)20-16(22)8-4-3-7-15-10-9-13-6-5-11-19-18(13)21-15/h2,9-10,14H,1,3-8,11-12H2,(H,19,21)(H,20,22)(H,23,24). The maximum absolute atomic E-state index is 11.8. The minimum Gasteiger partial charge on any atom is -0.481 e. The Hall–Kier alpha value is -2.37. The first-order chi connectivity index (χ1) is 11.6. The Bertz CT molecular complexity index is 601. The lowest BCUT2D eigenvalue weighted by Gasteiger charge is -2.17. The number of pyridine rings is 1. The van der Waals surface area contributed by atoms with Gasteiger partial charge in [0.2, 0.25) is 5.91 Å². The molecule has 1 amide bonds. The van der Waals surface area contributed by atoms with Crippen molar-refractivity contribution in [2.75, 3.05) is 11.9 Å². The zero-order valence-corrected chi connectivity index (χ0v) is 13.9. The zero-order chi connectivity index (χ0) is 17.4. The third-order valence-electron chi connectivity index (χ3n) is 4.06. The molecule has 0 saturated carbocycles. The number of carbonyl (C=O) groups is 2. The Morgan fingerprint density at radius 2 is 2.25 bits per heavy atom. The SMILES string of the molecule is C=CC(CC(=O)O)NC(=O)CCCCc1ccc2c(n1)NCCC2. The topological polar surface area (TPSA) is 91.3 Å². The third kappa shape index (κ3) is 5.68. The van der Waals surface area contributed by atoms with Crippen LogP contribution in [0, 0.1) is 0 Å². The van der Waals surface area contributed by atoms with Crippen LogP contribution >= 0.6 is 0 Å². The number of anilines is 1. The smallest absolute Gasteiger partial charge is 0.305 e. The summed E-state index contributed by atoms with van der Waals surface area (Å²) in [5.74, 6) is -0.0903. The van der Waals surface area contributed by atoms with Gasteiger partial charge in [-0.2, -0.15) is 0 Å². The van der Waals surface area contributed by atoms with E-state index in [4.69, 9.17) is 5.11 Å². The van der Waals surface area contributed by atoms with Gasteiger partial charge in [-0.3, -0.25) is 9.59 Å². The molecule has 0 aromatic carbocycles. The largest absolute Gasteiger partial charge is 0.481 e. The zero-order valence-electron chi connectivity index (χ0n) is 13.9. The Kier molecular flexibility index (Phi) is 6.78. The summed E-state index contributed by atoms with van der Waals surface area (Å²) >= 11 is 0. The number of carboxylic acid groups (broad SMARTS) is 1. The van der Waals surface area contributed by atoms with Gasteiger partial charge in [-0.15, -0.1) is 6.58 Å². The molecule has 130 valence electrons. The molecule has 6 nitrogen and oxygen atoms in total. The Balaban J connectivity index is 1.69. The van der Waals surface area contributed by atoms with Crippen LogP contribution in [0.1, 0.15) is 43.4 Å². The molecule has 2 heterocycles. The molecule has 0 bridgehead atoms. The number of carbonyl (C=O) groups excluding carboxylic acids is 1. The molecule has 24 heavy (non-hydrogen) atoms. The Morgan fingerprint density at radius 1 is 1.42 bits per heavy atom. The molecule has 1 aromatic heterocycles. The summed E-state index contributed by atoms with van der Waals surface area (Å²) in [5, 5.41) is 14.7. The second-order valence-corrected chi connectivity index (χ2v) is 6.06. The van der Waals surface area contributed by atoms with Crippen LogP contribution in [-0.4, -0.2) is 34.6 Å². The average molecular weight is 331 g/mol. The van der Waals surface area contributed by atoms with Crippen molar-refractivity contribution in [3.63, 3.8) is 0 Å². The van der Waals surface area contributed by atoms with Gasteiger partial charge in [-0.1, -0.05) is 12.1 Å². The summed E-state index contributed by atoms with van der Waals surface area (Å²) < 4.78 is 0. The van der Waals surface area contributed by atoms with Crippen molar-refractivity contribution in [3.05, 3.63) is 36.0 Å². The minimum atomic E-state index is -0.952. The summed E-state index contributed by atoms with van der Waals surface area (Å²) in [5.41, 5.74) is 2.32. The lowest BCUT2D eigenvalue weighted by molar-refractivity contribution is -0.137. The number of nitrogens with one attached hydrogen (secondary N) is 2. The molecule has 1 aliphatic heterocycles. The lowest BCUT2D eigenvalue weighted by atomic mass is 10.1. The van der Waals surface area contributed by atoms with Gasteiger partial charge >= 0.3 is 5.97 Å². The average Bonchev–Trinajstić information content (AvgIpc) is 2.57. The summed E-state index contributed by atoms with van der Waals surface area (Å²) in [6.07, 6.45) is 6.38. The van der Waals surface area contributed by atoms with Gasteiger partial charge in [-0.25, -0.2) is 4.98 Å². The first kappa shape index (κ1) is 18.0. The summed E-state index contributed by atoms with van der Waals surface area (Å²) in [6.45, 7) is 4.52. The van der Waals surface area contributed by atoms with E-state index in [-0.39, 0.29) is 12.3 Å². The molecule has 3 N–H and O–H groups in total. The highest BCUT2D eigenvalue weighted by Crippen LogP contribution is 2.20. The predicted octanol–water partition coefficient (Wildman–Crippen LogP) is 2.30. The van der Waals surface area contributed by atoms with Gasteiger partial charge in [0.25, 0.3) is 0 Å². The van der Waals surface area contributed by atoms with Crippen LogP contribution in [0.4, 0.5) is 5.82 Å². The van der Waals surface area contributed by atoms with E-state index in [1.165, 1.54) is 11.6 Å². The van der Waals surface area contributed by atoms with Crippen LogP contribution in [0.15, 0.2) is 24.8 Å². The molecular formula is C18H25N3O3. The molecule has 6 heteroatoms. The van der Waals surface area contributed by atoms with Crippen molar-refractivity contribution in [1.29, 1.82) is 0 Å². The number of rotatable bonds is 9. The van der Waals surface area contributed by atoms with Crippen LogP contribution in [0.3, 0.4) is 0 Å². The fraction of sp³-hybridized carbons (Fsp3) is 0.500. The molecule has 1 atom stereocenters. The molecule has 1 unspecified atom stereocenters. The van der Waals surface area contributed by atoms with Crippen molar-refractivity contribution >= 4 is 17.7 Å². The van der Waals surface area contributed by atoms with E-state index in [1.54, 1.807) is 0 Å². The highest BCUT2D eigenvalue weighted by molar-refractivity contribution is 5.77. The lowest BCUT2D eigenvalue weighted by Crippen LogP contribution is -2.34. The van der Waals surface area contributed by atoms with E-state index >= 15 is 0 Å². The number of unbranched alkanes of at least 4 members (excludes halogenated alkanes) is 1. The highest BCUT2D eigenvalue weighted by Gasteiger charge is 2.13.